The van der Waals surface area contributed by atoms with Crippen molar-refractivity contribution < 1.29 is 8.42 Å². The molecule has 1 heterocycles. The lowest BCUT2D eigenvalue weighted by Gasteiger charge is -2.09. The molecule has 1 aromatic carbocycles. The minimum Gasteiger partial charge on any atom is -0.398 e. The first kappa shape index (κ1) is 13.9. The van der Waals surface area contributed by atoms with Crippen molar-refractivity contribution in [1.29, 1.82) is 0 Å². The molecule has 0 aliphatic rings. The molecule has 0 aliphatic carbocycles. The minimum absolute atomic E-state index is 0.0411. The predicted octanol–water partition coefficient (Wildman–Crippen LogP) is 2.17. The molecular weight excluding hydrogens is 311 g/mol. The Kier molecular flexibility index (Phi) is 3.79. The molecule has 2 rings (SSSR count). The van der Waals surface area contributed by atoms with Crippen LogP contribution in [0, 0.1) is 0 Å². The van der Waals surface area contributed by atoms with Crippen LogP contribution in [0.4, 0.5) is 11.5 Å². The van der Waals surface area contributed by atoms with Gasteiger partial charge in [0.25, 0.3) is 10.0 Å². The number of benzene rings is 1. The van der Waals surface area contributed by atoms with Gasteiger partial charge < -0.3 is 5.73 Å². The predicted molar refractivity (Wildman–Crippen MR) is 73.7 cm³/mol. The van der Waals surface area contributed by atoms with Crippen LogP contribution in [-0.2, 0) is 10.0 Å². The van der Waals surface area contributed by atoms with E-state index in [1.807, 2.05) is 0 Å². The molecule has 0 amide bonds. The first-order chi connectivity index (χ1) is 8.88. The summed E-state index contributed by atoms with van der Waals surface area (Å²) in [6.07, 6.45) is 1.33. The maximum absolute atomic E-state index is 12.1. The number of nitrogens with zero attached hydrogens (tertiary/aromatic N) is 2. The minimum atomic E-state index is -3.89. The second kappa shape index (κ2) is 5.20. The summed E-state index contributed by atoms with van der Waals surface area (Å²) in [5.74, 6) is 0.0411. The Morgan fingerprint density at radius 1 is 1.21 bits per heavy atom. The van der Waals surface area contributed by atoms with E-state index in [0.29, 0.717) is 0 Å². The van der Waals surface area contributed by atoms with E-state index in [-0.39, 0.29) is 26.7 Å². The number of rotatable bonds is 3. The molecule has 0 bridgehead atoms. The van der Waals surface area contributed by atoms with Gasteiger partial charge in [-0.1, -0.05) is 11.6 Å². The Morgan fingerprint density at radius 3 is 2.63 bits per heavy atom. The number of nitrogens with one attached hydrogen (secondary N) is 1. The Labute approximate surface area is 119 Å². The number of hydrogen-bond acceptors (Lipinski definition) is 5. The molecule has 0 aliphatic heterocycles. The molecule has 0 saturated heterocycles. The number of hydrogen-bond donors (Lipinski definition) is 2. The fraction of sp³-hybridized carbons (Fsp3) is 0. The van der Waals surface area contributed by atoms with Crippen molar-refractivity contribution in [3.8, 4) is 0 Å². The molecule has 0 atom stereocenters. The van der Waals surface area contributed by atoms with Gasteiger partial charge in [-0.05, 0) is 35.9 Å². The van der Waals surface area contributed by atoms with Crippen molar-refractivity contribution >= 4 is 44.7 Å². The summed E-state index contributed by atoms with van der Waals surface area (Å²) in [6, 6.07) is 5.52. The van der Waals surface area contributed by atoms with Gasteiger partial charge in [0, 0.05) is 11.2 Å². The second-order valence-corrected chi connectivity index (χ2v) is 5.92. The van der Waals surface area contributed by atoms with E-state index in [2.05, 4.69) is 14.7 Å². The molecule has 0 fully saturated rings. The lowest BCUT2D eigenvalue weighted by molar-refractivity contribution is 0.601. The van der Waals surface area contributed by atoms with Gasteiger partial charge in [-0.2, -0.15) is 4.98 Å². The molecule has 100 valence electrons. The zero-order valence-corrected chi connectivity index (χ0v) is 11.7. The summed E-state index contributed by atoms with van der Waals surface area (Å²) in [5, 5.41) is 0.189. The molecular formula is C10H8Cl2N4O2S. The number of nitrogens with two attached hydrogens (primary N) is 1. The van der Waals surface area contributed by atoms with Gasteiger partial charge in [0.1, 0.15) is 10.7 Å². The Balaban J connectivity index is 2.40. The maximum Gasteiger partial charge on any atom is 0.265 e. The zero-order chi connectivity index (χ0) is 14.0. The summed E-state index contributed by atoms with van der Waals surface area (Å²) in [7, 11) is -3.89. The topological polar surface area (TPSA) is 98.0 Å². The highest BCUT2D eigenvalue weighted by molar-refractivity contribution is 7.92. The van der Waals surface area contributed by atoms with Crippen molar-refractivity contribution in [2.24, 2.45) is 0 Å². The van der Waals surface area contributed by atoms with Crippen LogP contribution in [-0.4, -0.2) is 18.4 Å². The molecule has 0 saturated carbocycles. The van der Waals surface area contributed by atoms with E-state index in [4.69, 9.17) is 28.9 Å². The monoisotopic (exact) mass is 318 g/mol. The average Bonchev–Trinajstić information content (AvgIpc) is 2.31. The highest BCUT2D eigenvalue weighted by Gasteiger charge is 2.18. The van der Waals surface area contributed by atoms with E-state index >= 15 is 0 Å². The largest absolute Gasteiger partial charge is 0.398 e. The first-order valence-corrected chi connectivity index (χ1v) is 7.19. The molecule has 3 N–H and O–H groups in total. The summed E-state index contributed by atoms with van der Waals surface area (Å²) in [6.45, 7) is 0. The molecule has 2 aromatic rings. The number of nitrogen functional groups attached to an aromatic ring is 1. The lowest BCUT2D eigenvalue weighted by Crippen LogP contribution is -2.15. The molecule has 1 aromatic heterocycles. The molecule has 0 radical (unpaired) electrons. The standard InChI is InChI=1S/C10H8Cl2N4O2S/c11-6-1-2-7(13)8(5-6)19(17,18)16-9-3-4-14-10(12)15-9/h1-5H,13H2,(H,14,15,16). The third kappa shape index (κ3) is 3.25. The van der Waals surface area contributed by atoms with Crippen LogP contribution < -0.4 is 10.5 Å². The molecule has 6 nitrogen and oxygen atoms in total. The SMILES string of the molecule is Nc1ccc(Cl)cc1S(=O)(=O)Nc1ccnc(Cl)n1. The van der Waals surface area contributed by atoms with Crippen molar-refractivity contribution in [3.05, 3.63) is 40.8 Å². The van der Waals surface area contributed by atoms with Gasteiger partial charge in [-0.3, -0.25) is 4.72 Å². The number of sulfonamides is 1. The van der Waals surface area contributed by atoms with Gasteiger partial charge in [0.2, 0.25) is 5.28 Å². The Hall–Kier alpha value is -1.57. The van der Waals surface area contributed by atoms with Crippen LogP contribution in [0.1, 0.15) is 0 Å². The lowest BCUT2D eigenvalue weighted by atomic mass is 10.3. The zero-order valence-electron chi connectivity index (χ0n) is 9.34. The van der Waals surface area contributed by atoms with E-state index in [1.165, 1.54) is 30.5 Å². The summed E-state index contributed by atoms with van der Waals surface area (Å²) >= 11 is 11.3. The van der Waals surface area contributed by atoms with Crippen molar-refractivity contribution in [2.75, 3.05) is 10.5 Å². The first-order valence-electron chi connectivity index (χ1n) is 4.95. The molecule has 9 heteroatoms. The number of anilines is 2. The van der Waals surface area contributed by atoms with Gasteiger partial charge in [0.05, 0.1) is 5.69 Å². The summed E-state index contributed by atoms with van der Waals surface area (Å²) in [4.78, 5) is 7.24. The van der Waals surface area contributed by atoms with Gasteiger partial charge >= 0.3 is 0 Å². The fourth-order valence-electron chi connectivity index (χ4n) is 1.33. The van der Waals surface area contributed by atoms with E-state index in [0.717, 1.165) is 0 Å². The van der Waals surface area contributed by atoms with Crippen molar-refractivity contribution in [3.63, 3.8) is 0 Å². The molecule has 0 spiro atoms. The van der Waals surface area contributed by atoms with Crippen molar-refractivity contribution in [1.82, 2.24) is 9.97 Å². The van der Waals surface area contributed by atoms with Crippen LogP contribution in [0.2, 0.25) is 10.3 Å². The van der Waals surface area contributed by atoms with Crippen LogP contribution >= 0.6 is 23.2 Å². The normalized spacial score (nSPS) is 11.3. The fourth-order valence-corrected chi connectivity index (χ4v) is 2.87. The second-order valence-electron chi connectivity index (χ2n) is 3.50. The number of halogens is 2. The molecule has 0 unspecified atom stereocenters. The Bertz CT molecular complexity index is 721. The van der Waals surface area contributed by atoms with Crippen LogP contribution in [0.15, 0.2) is 35.4 Å². The third-order valence-electron chi connectivity index (χ3n) is 2.13. The third-order valence-corrected chi connectivity index (χ3v) is 3.96. The average molecular weight is 319 g/mol. The number of aromatic nitrogens is 2. The van der Waals surface area contributed by atoms with Crippen LogP contribution in [0.3, 0.4) is 0 Å². The molecule has 19 heavy (non-hydrogen) atoms. The highest BCUT2D eigenvalue weighted by Crippen LogP contribution is 2.24. The van der Waals surface area contributed by atoms with E-state index < -0.39 is 10.0 Å². The van der Waals surface area contributed by atoms with Crippen LogP contribution in [0.25, 0.3) is 0 Å². The van der Waals surface area contributed by atoms with E-state index in [1.54, 1.807) is 0 Å². The van der Waals surface area contributed by atoms with Crippen molar-refractivity contribution in [2.45, 2.75) is 4.90 Å². The quantitative estimate of drug-likeness (QED) is 0.667. The smallest absolute Gasteiger partial charge is 0.265 e. The van der Waals surface area contributed by atoms with Gasteiger partial charge in [-0.15, -0.1) is 0 Å². The summed E-state index contributed by atoms with van der Waals surface area (Å²) < 4.78 is 26.5. The Morgan fingerprint density at radius 2 is 1.95 bits per heavy atom. The maximum atomic E-state index is 12.1. The van der Waals surface area contributed by atoms with Crippen LogP contribution in [0.5, 0.6) is 0 Å². The van der Waals surface area contributed by atoms with Gasteiger partial charge in [-0.25, -0.2) is 13.4 Å². The highest BCUT2D eigenvalue weighted by atomic mass is 35.5. The van der Waals surface area contributed by atoms with Gasteiger partial charge in [0.15, 0.2) is 0 Å². The van der Waals surface area contributed by atoms with E-state index in [9.17, 15) is 8.42 Å². The summed E-state index contributed by atoms with van der Waals surface area (Å²) in [5.41, 5.74) is 5.70.